The van der Waals surface area contributed by atoms with Crippen molar-refractivity contribution in [2.24, 2.45) is 0 Å². The SMILES string of the molecule is CN(C)Cc1ccc(-c2cnc(NCc3c(F)ccc4c3CCO4)n3cc(C#N)nc23)c(C#N)c1. The third kappa shape index (κ3) is 4.14. The highest BCUT2D eigenvalue weighted by Gasteiger charge is 2.21. The topological polar surface area (TPSA) is 102 Å². The molecule has 4 aromatic rings. The van der Waals surface area contributed by atoms with Gasteiger partial charge in [0.05, 0.1) is 24.4 Å². The Kier molecular flexibility index (Phi) is 5.77. The normalized spacial score (nSPS) is 12.3. The zero-order valence-corrected chi connectivity index (χ0v) is 19.3. The van der Waals surface area contributed by atoms with E-state index in [2.05, 4.69) is 27.4 Å². The first-order valence-electron chi connectivity index (χ1n) is 11.1. The van der Waals surface area contributed by atoms with Crippen LogP contribution in [0.25, 0.3) is 16.8 Å². The summed E-state index contributed by atoms with van der Waals surface area (Å²) in [6.07, 6.45) is 3.86. The van der Waals surface area contributed by atoms with Crippen molar-refractivity contribution >= 4 is 11.6 Å². The van der Waals surface area contributed by atoms with Crippen LogP contribution in [0.3, 0.4) is 0 Å². The first kappa shape index (κ1) is 22.3. The summed E-state index contributed by atoms with van der Waals surface area (Å²) in [6.45, 7) is 1.44. The number of benzene rings is 2. The Bertz CT molecular complexity index is 1530. The Balaban J connectivity index is 1.55. The molecule has 0 aliphatic carbocycles. The number of hydrogen-bond acceptors (Lipinski definition) is 7. The zero-order chi connectivity index (χ0) is 24.5. The molecule has 9 heteroatoms. The minimum absolute atomic E-state index is 0.197. The molecule has 0 bridgehead atoms. The van der Waals surface area contributed by atoms with E-state index in [4.69, 9.17) is 4.74 Å². The van der Waals surface area contributed by atoms with Gasteiger partial charge in [0.15, 0.2) is 11.3 Å². The second-order valence-electron chi connectivity index (χ2n) is 8.61. The van der Waals surface area contributed by atoms with Crippen LogP contribution >= 0.6 is 0 Å². The Hall–Kier alpha value is -4.47. The van der Waals surface area contributed by atoms with Crippen LogP contribution in [-0.4, -0.2) is 40.0 Å². The molecular weight excluding hydrogens is 445 g/mol. The average molecular weight is 468 g/mol. The molecule has 0 saturated carbocycles. The van der Waals surface area contributed by atoms with Gasteiger partial charge in [-0.05, 0) is 37.9 Å². The molecule has 0 atom stereocenters. The molecule has 1 aliphatic heterocycles. The van der Waals surface area contributed by atoms with Crippen LogP contribution in [-0.2, 0) is 19.5 Å². The van der Waals surface area contributed by atoms with E-state index < -0.39 is 0 Å². The van der Waals surface area contributed by atoms with Gasteiger partial charge >= 0.3 is 0 Å². The Labute approximate surface area is 201 Å². The van der Waals surface area contributed by atoms with Gasteiger partial charge < -0.3 is 15.0 Å². The van der Waals surface area contributed by atoms with Crippen LogP contribution in [0.5, 0.6) is 5.75 Å². The van der Waals surface area contributed by atoms with Crippen LogP contribution in [0.2, 0.25) is 0 Å². The lowest BCUT2D eigenvalue weighted by Crippen LogP contribution is -2.11. The number of halogens is 1. The molecule has 3 heterocycles. The van der Waals surface area contributed by atoms with Gasteiger partial charge in [0.1, 0.15) is 17.6 Å². The van der Waals surface area contributed by atoms with Gasteiger partial charge in [-0.25, -0.2) is 14.4 Å². The fraction of sp³-hybridized carbons (Fsp3) is 0.231. The zero-order valence-electron chi connectivity index (χ0n) is 19.3. The Morgan fingerprint density at radius 3 is 2.80 bits per heavy atom. The largest absolute Gasteiger partial charge is 0.493 e. The predicted molar refractivity (Wildman–Crippen MR) is 128 cm³/mol. The maximum absolute atomic E-state index is 14.6. The van der Waals surface area contributed by atoms with Crippen molar-refractivity contribution in [3.05, 3.63) is 76.5 Å². The van der Waals surface area contributed by atoms with Crippen molar-refractivity contribution in [3.63, 3.8) is 0 Å². The summed E-state index contributed by atoms with van der Waals surface area (Å²) in [7, 11) is 3.94. The summed E-state index contributed by atoms with van der Waals surface area (Å²) in [5, 5.41) is 22.5. The van der Waals surface area contributed by atoms with Crippen molar-refractivity contribution in [1.29, 1.82) is 10.5 Å². The van der Waals surface area contributed by atoms with Crippen LogP contribution < -0.4 is 10.1 Å². The molecule has 0 fully saturated rings. The van der Waals surface area contributed by atoms with Crippen LogP contribution in [0, 0.1) is 28.5 Å². The molecule has 0 radical (unpaired) electrons. The van der Waals surface area contributed by atoms with Gasteiger partial charge in [0.25, 0.3) is 0 Å². The summed E-state index contributed by atoms with van der Waals surface area (Å²) in [6, 6.07) is 13.1. The molecular formula is C26H22FN7O. The van der Waals surface area contributed by atoms with Gasteiger partial charge in [-0.15, -0.1) is 0 Å². The van der Waals surface area contributed by atoms with Gasteiger partial charge in [0.2, 0.25) is 5.95 Å². The maximum atomic E-state index is 14.6. The summed E-state index contributed by atoms with van der Waals surface area (Å²) in [5.74, 6) is 0.804. The van der Waals surface area contributed by atoms with E-state index in [0.717, 1.165) is 11.1 Å². The van der Waals surface area contributed by atoms with E-state index in [9.17, 15) is 14.9 Å². The first-order chi connectivity index (χ1) is 17.0. The minimum Gasteiger partial charge on any atom is -0.493 e. The van der Waals surface area contributed by atoms with Crippen LogP contribution in [0.4, 0.5) is 10.3 Å². The number of imidazole rings is 1. The van der Waals surface area contributed by atoms with Crippen molar-refractivity contribution in [1.82, 2.24) is 19.3 Å². The number of fused-ring (bicyclic) bond motifs is 2. The summed E-state index contributed by atoms with van der Waals surface area (Å²) in [5.41, 5.74) is 4.90. The van der Waals surface area contributed by atoms with Crippen molar-refractivity contribution in [3.8, 4) is 29.0 Å². The predicted octanol–water partition coefficient (Wildman–Crippen LogP) is 3.89. The van der Waals surface area contributed by atoms with Crippen LogP contribution in [0.1, 0.15) is 27.9 Å². The van der Waals surface area contributed by atoms with Crippen molar-refractivity contribution < 1.29 is 9.13 Å². The second kappa shape index (κ2) is 9.05. The number of nitrogens with one attached hydrogen (secondary N) is 1. The number of hydrogen-bond donors (Lipinski definition) is 1. The molecule has 8 nitrogen and oxygen atoms in total. The lowest BCUT2D eigenvalue weighted by atomic mass is 9.99. The number of rotatable bonds is 6. The van der Waals surface area contributed by atoms with Crippen molar-refractivity contribution in [2.75, 3.05) is 26.0 Å². The highest BCUT2D eigenvalue weighted by molar-refractivity contribution is 5.82. The molecule has 0 saturated heterocycles. The standard InChI is InChI=1S/C26H22FN7O/c1-33(2)14-16-3-4-19(17(9-16)10-28)22-13-31-26(34-15-18(11-29)32-25(22)34)30-12-21-20-7-8-35-24(20)6-5-23(21)27/h3-6,9,13,15H,7-8,12,14H2,1-2H3,(H,30,31). The molecule has 2 aromatic carbocycles. The number of nitriles is 2. The molecule has 1 N–H and O–H groups in total. The van der Waals surface area contributed by atoms with Gasteiger partial charge in [0, 0.05) is 48.0 Å². The average Bonchev–Trinajstić information content (AvgIpc) is 3.50. The monoisotopic (exact) mass is 467 g/mol. The molecule has 0 amide bonds. The highest BCUT2D eigenvalue weighted by atomic mass is 19.1. The van der Waals surface area contributed by atoms with E-state index >= 15 is 0 Å². The molecule has 174 valence electrons. The summed E-state index contributed by atoms with van der Waals surface area (Å²) >= 11 is 0. The number of anilines is 1. The molecule has 0 unspecified atom stereocenters. The van der Waals surface area contributed by atoms with Gasteiger partial charge in [-0.1, -0.05) is 12.1 Å². The van der Waals surface area contributed by atoms with Crippen molar-refractivity contribution in [2.45, 2.75) is 19.5 Å². The van der Waals surface area contributed by atoms with Gasteiger partial charge in [-0.3, -0.25) is 4.40 Å². The number of aromatic nitrogens is 3. The molecule has 5 rings (SSSR count). The Morgan fingerprint density at radius 2 is 2.03 bits per heavy atom. The fourth-order valence-electron chi connectivity index (χ4n) is 4.41. The van der Waals surface area contributed by atoms with E-state index in [1.165, 1.54) is 6.07 Å². The molecule has 1 aliphatic rings. The Morgan fingerprint density at radius 1 is 1.17 bits per heavy atom. The first-order valence-corrected chi connectivity index (χ1v) is 11.1. The van der Waals surface area contributed by atoms with E-state index in [0.29, 0.717) is 59.2 Å². The lowest BCUT2D eigenvalue weighted by Gasteiger charge is -2.14. The quantitative estimate of drug-likeness (QED) is 0.459. The third-order valence-corrected chi connectivity index (χ3v) is 5.96. The smallest absolute Gasteiger partial charge is 0.208 e. The molecule has 0 spiro atoms. The highest BCUT2D eigenvalue weighted by Crippen LogP contribution is 2.32. The lowest BCUT2D eigenvalue weighted by molar-refractivity contribution is 0.356. The van der Waals surface area contributed by atoms with E-state index in [1.54, 1.807) is 22.9 Å². The second-order valence-corrected chi connectivity index (χ2v) is 8.61. The number of nitrogens with zero attached hydrogens (tertiary/aromatic N) is 6. The van der Waals surface area contributed by atoms with E-state index in [-0.39, 0.29) is 18.1 Å². The molecule has 2 aromatic heterocycles. The molecule has 35 heavy (non-hydrogen) atoms. The number of ether oxygens (including phenoxy) is 1. The van der Waals surface area contributed by atoms with Crippen LogP contribution in [0.15, 0.2) is 42.7 Å². The minimum atomic E-state index is -0.311. The van der Waals surface area contributed by atoms with Gasteiger partial charge in [-0.2, -0.15) is 10.5 Å². The van der Waals surface area contributed by atoms with E-state index in [1.807, 2.05) is 37.2 Å². The third-order valence-electron chi connectivity index (χ3n) is 5.96. The summed E-state index contributed by atoms with van der Waals surface area (Å²) in [4.78, 5) is 11.0. The fourth-order valence-corrected chi connectivity index (χ4v) is 4.41. The maximum Gasteiger partial charge on any atom is 0.208 e. The summed E-state index contributed by atoms with van der Waals surface area (Å²) < 4.78 is 21.8.